The van der Waals surface area contributed by atoms with Crippen LogP contribution < -0.4 is 4.74 Å². The Morgan fingerprint density at radius 3 is 1.95 bits per heavy atom. The summed E-state index contributed by atoms with van der Waals surface area (Å²) in [5.41, 5.74) is 3.70. The molecule has 0 saturated heterocycles. The molecule has 0 saturated carbocycles. The topological polar surface area (TPSA) is 26.3 Å². The molecular weight excluding hydrogens is 340 g/mol. The summed E-state index contributed by atoms with van der Waals surface area (Å²) in [4.78, 5) is 12.3. The number of carbonyl (C=O) groups is 1. The fraction of sp³-hybridized carbons (Fsp3) is 0.316. The molecule has 2 aromatic carbocycles. The van der Waals surface area contributed by atoms with Gasteiger partial charge in [0.05, 0.1) is 5.56 Å². The largest absolute Gasteiger partial charge is 0.422 e. The highest BCUT2D eigenvalue weighted by molar-refractivity contribution is 9.10. The van der Waals surface area contributed by atoms with Gasteiger partial charge in [-0.1, -0.05) is 48.8 Å². The minimum absolute atomic E-state index is 0.0708. The van der Waals surface area contributed by atoms with Crippen molar-refractivity contribution in [2.75, 3.05) is 0 Å². The van der Waals surface area contributed by atoms with Crippen molar-refractivity contribution < 1.29 is 9.53 Å². The molecule has 116 valence electrons. The number of benzene rings is 2. The van der Waals surface area contributed by atoms with Gasteiger partial charge in [0, 0.05) is 4.47 Å². The Bertz CT molecular complexity index is 671. The quantitative estimate of drug-likeness (QED) is 0.515. The van der Waals surface area contributed by atoms with E-state index in [1.165, 1.54) is 5.56 Å². The lowest BCUT2D eigenvalue weighted by atomic mass is 9.87. The molecule has 0 aliphatic heterocycles. The second-order valence-corrected chi connectivity index (χ2v) is 7.50. The molecule has 0 bridgehead atoms. The Balaban J connectivity index is 2.23. The van der Waals surface area contributed by atoms with Crippen LogP contribution in [-0.2, 0) is 5.41 Å². The highest BCUT2D eigenvalue weighted by atomic mass is 79.9. The summed E-state index contributed by atoms with van der Waals surface area (Å²) in [5.74, 6) is 0.307. The number of hydrogen-bond donors (Lipinski definition) is 0. The Hall–Kier alpha value is -1.61. The van der Waals surface area contributed by atoms with Crippen LogP contribution in [0.25, 0.3) is 0 Å². The average molecular weight is 361 g/mol. The molecule has 22 heavy (non-hydrogen) atoms. The van der Waals surface area contributed by atoms with Crippen molar-refractivity contribution in [2.45, 2.75) is 40.0 Å². The van der Waals surface area contributed by atoms with Gasteiger partial charge in [-0.25, -0.2) is 4.79 Å². The highest BCUT2D eigenvalue weighted by Gasteiger charge is 2.16. The van der Waals surface area contributed by atoms with Crippen molar-refractivity contribution in [3.63, 3.8) is 0 Å². The summed E-state index contributed by atoms with van der Waals surface area (Å²) < 4.78 is 6.57. The fourth-order valence-electron chi connectivity index (χ4n) is 2.32. The van der Waals surface area contributed by atoms with E-state index in [0.717, 1.165) is 15.6 Å². The van der Waals surface area contributed by atoms with Crippen LogP contribution in [-0.4, -0.2) is 5.97 Å². The zero-order valence-corrected chi connectivity index (χ0v) is 15.2. The van der Waals surface area contributed by atoms with Gasteiger partial charge in [0.1, 0.15) is 5.75 Å². The first-order chi connectivity index (χ1) is 10.2. The van der Waals surface area contributed by atoms with Gasteiger partial charge in [0.25, 0.3) is 0 Å². The van der Waals surface area contributed by atoms with Crippen molar-refractivity contribution in [1.82, 2.24) is 0 Å². The first-order valence-corrected chi connectivity index (χ1v) is 8.07. The van der Waals surface area contributed by atoms with Crippen LogP contribution in [0.5, 0.6) is 5.75 Å². The van der Waals surface area contributed by atoms with Crippen molar-refractivity contribution >= 4 is 21.9 Å². The van der Waals surface area contributed by atoms with Crippen LogP contribution in [0.2, 0.25) is 0 Å². The van der Waals surface area contributed by atoms with Crippen molar-refractivity contribution in [3.8, 4) is 5.75 Å². The van der Waals surface area contributed by atoms with E-state index in [0.29, 0.717) is 11.3 Å². The van der Waals surface area contributed by atoms with E-state index >= 15 is 0 Å². The third-order valence-corrected chi connectivity index (χ3v) is 4.06. The molecule has 0 atom stereocenters. The fourth-order valence-corrected chi connectivity index (χ4v) is 3.00. The van der Waals surface area contributed by atoms with Crippen LogP contribution in [0, 0.1) is 13.8 Å². The number of hydrogen-bond acceptors (Lipinski definition) is 2. The van der Waals surface area contributed by atoms with Crippen LogP contribution in [0.3, 0.4) is 0 Å². The van der Waals surface area contributed by atoms with E-state index in [9.17, 15) is 4.79 Å². The average Bonchev–Trinajstić information content (AvgIpc) is 2.41. The Morgan fingerprint density at radius 2 is 1.50 bits per heavy atom. The van der Waals surface area contributed by atoms with Gasteiger partial charge in [-0.15, -0.1) is 0 Å². The van der Waals surface area contributed by atoms with Gasteiger partial charge in [0.15, 0.2) is 0 Å². The van der Waals surface area contributed by atoms with Crippen molar-refractivity contribution in [3.05, 3.63) is 63.1 Å². The molecule has 0 aromatic heterocycles. The zero-order valence-electron chi connectivity index (χ0n) is 13.7. The summed E-state index contributed by atoms with van der Waals surface area (Å²) in [6.07, 6.45) is 0. The molecule has 2 rings (SSSR count). The third kappa shape index (κ3) is 3.77. The Labute approximate surface area is 140 Å². The standard InChI is InChI=1S/C19H21BrO2/c1-12-10-16(20)11-13(2)17(12)22-18(21)14-6-8-15(9-7-14)19(3,4)5/h6-11H,1-5H3. The molecular formula is C19H21BrO2. The molecule has 0 heterocycles. The van der Waals surface area contributed by atoms with Crippen LogP contribution in [0.4, 0.5) is 0 Å². The zero-order chi connectivity index (χ0) is 16.5. The number of esters is 1. The number of aryl methyl sites for hydroxylation is 2. The SMILES string of the molecule is Cc1cc(Br)cc(C)c1OC(=O)c1ccc(C(C)(C)C)cc1. The Morgan fingerprint density at radius 1 is 1.00 bits per heavy atom. The minimum Gasteiger partial charge on any atom is -0.422 e. The van der Waals surface area contributed by atoms with Crippen LogP contribution in [0.15, 0.2) is 40.9 Å². The van der Waals surface area contributed by atoms with E-state index in [-0.39, 0.29) is 11.4 Å². The van der Waals surface area contributed by atoms with E-state index in [4.69, 9.17) is 4.74 Å². The maximum atomic E-state index is 12.3. The lowest BCUT2D eigenvalue weighted by Gasteiger charge is -2.19. The van der Waals surface area contributed by atoms with Gasteiger partial charge in [0.2, 0.25) is 0 Å². The first kappa shape index (κ1) is 16.8. The van der Waals surface area contributed by atoms with Crippen molar-refractivity contribution in [1.29, 1.82) is 0 Å². The smallest absolute Gasteiger partial charge is 0.343 e. The molecule has 2 aromatic rings. The van der Waals surface area contributed by atoms with Crippen molar-refractivity contribution in [2.24, 2.45) is 0 Å². The second-order valence-electron chi connectivity index (χ2n) is 6.59. The van der Waals surface area contributed by atoms with Gasteiger partial charge < -0.3 is 4.74 Å². The third-order valence-electron chi connectivity index (χ3n) is 3.61. The molecule has 2 nitrogen and oxygen atoms in total. The molecule has 3 heteroatoms. The molecule has 0 radical (unpaired) electrons. The highest BCUT2D eigenvalue weighted by Crippen LogP contribution is 2.28. The summed E-state index contributed by atoms with van der Waals surface area (Å²) in [6, 6.07) is 11.5. The van der Waals surface area contributed by atoms with E-state index in [1.807, 2.05) is 50.2 Å². The number of rotatable bonds is 2. The summed E-state index contributed by atoms with van der Waals surface area (Å²) in [6.45, 7) is 10.3. The maximum absolute atomic E-state index is 12.3. The first-order valence-electron chi connectivity index (χ1n) is 7.28. The minimum atomic E-state index is -0.325. The number of carbonyl (C=O) groups excluding carboxylic acids is 1. The predicted molar refractivity (Wildman–Crippen MR) is 93.7 cm³/mol. The van der Waals surface area contributed by atoms with Gasteiger partial charge in [-0.2, -0.15) is 0 Å². The van der Waals surface area contributed by atoms with E-state index in [2.05, 4.69) is 36.7 Å². The van der Waals surface area contributed by atoms with Crippen LogP contribution in [0.1, 0.15) is 47.8 Å². The number of ether oxygens (including phenoxy) is 1. The summed E-state index contributed by atoms with van der Waals surface area (Å²) in [7, 11) is 0. The van der Waals surface area contributed by atoms with E-state index in [1.54, 1.807) is 0 Å². The molecule has 0 N–H and O–H groups in total. The molecule has 0 unspecified atom stereocenters. The normalized spacial score (nSPS) is 11.4. The molecule has 0 fully saturated rings. The molecule has 0 aliphatic carbocycles. The second kappa shape index (κ2) is 6.25. The number of halogens is 1. The molecule has 0 spiro atoms. The molecule has 0 amide bonds. The maximum Gasteiger partial charge on any atom is 0.343 e. The van der Waals surface area contributed by atoms with Gasteiger partial charge in [-0.3, -0.25) is 0 Å². The summed E-state index contributed by atoms with van der Waals surface area (Å²) >= 11 is 3.44. The van der Waals surface area contributed by atoms with Gasteiger partial charge >= 0.3 is 5.97 Å². The van der Waals surface area contributed by atoms with E-state index < -0.39 is 0 Å². The Kier molecular flexibility index (Phi) is 4.76. The monoisotopic (exact) mass is 360 g/mol. The van der Waals surface area contributed by atoms with Gasteiger partial charge in [-0.05, 0) is 60.2 Å². The lowest BCUT2D eigenvalue weighted by molar-refractivity contribution is 0.0732. The van der Waals surface area contributed by atoms with Crippen LogP contribution >= 0.6 is 15.9 Å². The summed E-state index contributed by atoms with van der Waals surface area (Å²) in [5, 5.41) is 0. The molecule has 0 aliphatic rings. The predicted octanol–water partition coefficient (Wildman–Crippen LogP) is 5.58. The lowest BCUT2D eigenvalue weighted by Crippen LogP contribution is -2.13.